The van der Waals surface area contributed by atoms with Gasteiger partial charge in [0, 0.05) is 11.1 Å². The van der Waals surface area contributed by atoms with E-state index in [1.54, 1.807) is 12.1 Å². The highest BCUT2D eigenvalue weighted by Gasteiger charge is 2.36. The van der Waals surface area contributed by atoms with E-state index >= 15 is 0 Å². The van der Waals surface area contributed by atoms with Crippen LogP contribution >= 0.6 is 31.9 Å². The van der Waals surface area contributed by atoms with Crippen LogP contribution in [0.15, 0.2) is 33.2 Å². The molecule has 0 amide bonds. The zero-order valence-corrected chi connectivity index (χ0v) is 36.1. The second kappa shape index (κ2) is 27.9. The van der Waals surface area contributed by atoms with Crippen LogP contribution in [0.5, 0.6) is 11.5 Å². The first-order valence-corrected chi connectivity index (χ1v) is 23.1. The van der Waals surface area contributed by atoms with Gasteiger partial charge < -0.3 is 9.47 Å². The molecule has 0 fully saturated rings. The number of rotatable bonds is 32. The molecule has 0 aliphatic heterocycles. The number of ether oxygens (including phenoxy) is 2. The Labute approximate surface area is 334 Å². The third kappa shape index (κ3) is 16.0. The van der Waals surface area contributed by atoms with Gasteiger partial charge in [0.25, 0.3) is 0 Å². The van der Waals surface area contributed by atoms with E-state index in [2.05, 4.69) is 45.7 Å². The molecule has 4 nitrogen and oxygen atoms in total. The van der Waals surface area contributed by atoms with Gasteiger partial charge >= 0.3 is 0 Å². The van der Waals surface area contributed by atoms with Gasteiger partial charge in [-0.15, -0.1) is 0 Å². The maximum absolute atomic E-state index is 13.9. The number of benzene rings is 2. The molecule has 2 aromatic rings. The molecule has 0 heterocycles. The van der Waals surface area contributed by atoms with Crippen molar-refractivity contribution in [3.8, 4) is 11.5 Å². The van der Waals surface area contributed by atoms with Crippen molar-refractivity contribution in [1.29, 1.82) is 0 Å². The first kappa shape index (κ1) is 44.7. The SMILES string of the molecule is CCCCCCCCCCCCCCCCOc1c(Br)ccc2c1C(=O)c1ccc(Br)c(OCCCCCCCCCCCCCCCC)c1C2=O. The van der Waals surface area contributed by atoms with Gasteiger partial charge in [0.1, 0.15) is 11.5 Å². The van der Waals surface area contributed by atoms with Crippen LogP contribution < -0.4 is 9.47 Å². The van der Waals surface area contributed by atoms with Gasteiger partial charge in [-0.3, -0.25) is 9.59 Å². The Bertz CT molecular complexity index is 1210. The first-order chi connectivity index (χ1) is 25.5. The molecule has 0 unspecified atom stereocenters. The molecule has 1 aliphatic carbocycles. The van der Waals surface area contributed by atoms with E-state index < -0.39 is 0 Å². The van der Waals surface area contributed by atoms with E-state index in [-0.39, 0.29) is 11.6 Å². The second-order valence-electron chi connectivity index (χ2n) is 15.1. The summed E-state index contributed by atoms with van der Waals surface area (Å²) >= 11 is 7.20. The normalized spacial score (nSPS) is 12.3. The highest BCUT2D eigenvalue weighted by molar-refractivity contribution is 9.11. The third-order valence-electron chi connectivity index (χ3n) is 10.7. The summed E-state index contributed by atoms with van der Waals surface area (Å²) in [6.07, 6.45) is 36.4. The monoisotopic (exact) mass is 844 g/mol. The number of fused-ring (bicyclic) bond motifs is 2. The van der Waals surface area contributed by atoms with Crippen molar-refractivity contribution in [3.63, 3.8) is 0 Å². The number of hydrogen-bond donors (Lipinski definition) is 0. The topological polar surface area (TPSA) is 52.6 Å². The summed E-state index contributed by atoms with van der Waals surface area (Å²) in [5, 5.41) is 0. The average Bonchev–Trinajstić information content (AvgIpc) is 3.14. The van der Waals surface area contributed by atoms with Crippen LogP contribution in [-0.2, 0) is 0 Å². The predicted octanol–water partition coefficient (Wildman–Crippen LogP) is 15.7. The van der Waals surface area contributed by atoms with Crippen LogP contribution in [0.2, 0.25) is 0 Å². The third-order valence-corrected chi connectivity index (χ3v) is 11.9. The Hall–Kier alpha value is -1.66. The zero-order chi connectivity index (χ0) is 37.2. The van der Waals surface area contributed by atoms with Crippen molar-refractivity contribution in [3.05, 3.63) is 55.5 Å². The highest BCUT2D eigenvalue weighted by atomic mass is 79.9. The van der Waals surface area contributed by atoms with Gasteiger partial charge in [0.05, 0.1) is 33.3 Å². The van der Waals surface area contributed by atoms with Gasteiger partial charge in [-0.2, -0.15) is 0 Å². The summed E-state index contributed by atoms with van der Waals surface area (Å²) in [6.45, 7) is 5.60. The summed E-state index contributed by atoms with van der Waals surface area (Å²) in [5.74, 6) is 0.583. The lowest BCUT2D eigenvalue weighted by molar-refractivity contribution is 0.0971. The lowest BCUT2D eigenvalue weighted by Crippen LogP contribution is -2.23. The zero-order valence-electron chi connectivity index (χ0n) is 32.9. The van der Waals surface area contributed by atoms with Gasteiger partial charge in [0.2, 0.25) is 0 Å². The van der Waals surface area contributed by atoms with Crippen LogP contribution in [0, 0.1) is 0 Å². The van der Waals surface area contributed by atoms with E-state index in [4.69, 9.17) is 9.47 Å². The molecule has 3 rings (SSSR count). The minimum Gasteiger partial charge on any atom is -0.492 e. The molecular formula is C46H70Br2O4. The number of carbonyl (C=O) groups excluding carboxylic acids is 2. The molecule has 0 saturated heterocycles. The van der Waals surface area contributed by atoms with Crippen LogP contribution in [0.3, 0.4) is 0 Å². The van der Waals surface area contributed by atoms with Gasteiger partial charge in [0.15, 0.2) is 11.6 Å². The number of hydrogen-bond acceptors (Lipinski definition) is 4. The molecule has 2 aromatic carbocycles. The van der Waals surface area contributed by atoms with E-state index in [9.17, 15) is 9.59 Å². The van der Waals surface area contributed by atoms with E-state index in [1.165, 1.54) is 154 Å². The standard InChI is InChI=1S/C46H70Br2O4/c1-3-5-7-9-11-13-15-17-19-21-23-25-27-29-35-51-45-39(47)33-31-37-41(45)43(49)38-32-34-40(48)46(42(38)44(37)50)52-36-30-28-26-24-22-20-18-16-14-12-10-8-6-4-2/h31-34H,3-30,35-36H2,1-2H3. The maximum Gasteiger partial charge on any atom is 0.198 e. The molecule has 0 spiro atoms. The molecule has 292 valence electrons. The largest absolute Gasteiger partial charge is 0.492 e. The highest BCUT2D eigenvalue weighted by Crippen LogP contribution is 2.43. The maximum atomic E-state index is 13.9. The molecule has 52 heavy (non-hydrogen) atoms. The Kier molecular flexibility index (Phi) is 24.0. The summed E-state index contributed by atoms with van der Waals surface area (Å²) in [5.41, 5.74) is 1.49. The van der Waals surface area contributed by atoms with Crippen LogP contribution in [0.1, 0.15) is 225 Å². The molecule has 0 radical (unpaired) electrons. The Balaban J connectivity index is 1.37. The van der Waals surface area contributed by atoms with Crippen LogP contribution in [-0.4, -0.2) is 24.8 Å². The number of ketones is 2. The van der Waals surface area contributed by atoms with Crippen molar-refractivity contribution in [2.75, 3.05) is 13.2 Å². The van der Waals surface area contributed by atoms with Crippen molar-refractivity contribution in [1.82, 2.24) is 0 Å². The van der Waals surface area contributed by atoms with E-state index in [0.717, 1.165) is 25.7 Å². The fourth-order valence-electron chi connectivity index (χ4n) is 7.44. The molecular weight excluding hydrogens is 776 g/mol. The first-order valence-electron chi connectivity index (χ1n) is 21.5. The second-order valence-corrected chi connectivity index (χ2v) is 16.9. The van der Waals surface area contributed by atoms with Crippen molar-refractivity contribution < 1.29 is 19.1 Å². The van der Waals surface area contributed by atoms with Gasteiger partial charge in [-0.1, -0.05) is 181 Å². The Morgan fingerprint density at radius 1 is 0.385 bits per heavy atom. The van der Waals surface area contributed by atoms with Crippen molar-refractivity contribution in [2.45, 2.75) is 194 Å². The molecule has 0 N–H and O–H groups in total. The van der Waals surface area contributed by atoms with Crippen LogP contribution in [0.4, 0.5) is 0 Å². The minimum atomic E-state index is -0.185. The number of unbranched alkanes of at least 4 members (excludes halogenated alkanes) is 26. The number of carbonyl (C=O) groups is 2. The predicted molar refractivity (Wildman–Crippen MR) is 227 cm³/mol. The average molecular weight is 847 g/mol. The molecule has 0 atom stereocenters. The van der Waals surface area contributed by atoms with Gasteiger partial charge in [-0.05, 0) is 69.0 Å². The lowest BCUT2D eigenvalue weighted by atomic mass is 9.83. The summed E-state index contributed by atoms with van der Waals surface area (Å²) in [4.78, 5) is 27.9. The van der Waals surface area contributed by atoms with E-state index in [0.29, 0.717) is 55.9 Å². The van der Waals surface area contributed by atoms with E-state index in [1.807, 2.05) is 12.1 Å². The molecule has 0 bridgehead atoms. The Morgan fingerprint density at radius 3 is 0.904 bits per heavy atom. The Morgan fingerprint density at radius 2 is 0.635 bits per heavy atom. The van der Waals surface area contributed by atoms with Gasteiger partial charge in [-0.25, -0.2) is 0 Å². The smallest absolute Gasteiger partial charge is 0.198 e. The molecule has 0 aromatic heterocycles. The molecule has 6 heteroatoms. The molecule has 1 aliphatic rings. The molecule has 0 saturated carbocycles. The summed E-state index contributed by atoms with van der Waals surface area (Å²) in [6, 6.07) is 7.12. The minimum absolute atomic E-state index is 0.185. The summed E-state index contributed by atoms with van der Waals surface area (Å²) < 4.78 is 13.9. The quantitative estimate of drug-likeness (QED) is 0.0588. The van der Waals surface area contributed by atoms with Crippen molar-refractivity contribution in [2.24, 2.45) is 0 Å². The number of halogens is 2. The fraction of sp³-hybridized carbons (Fsp3) is 0.696. The van der Waals surface area contributed by atoms with Crippen molar-refractivity contribution >= 4 is 43.4 Å². The van der Waals surface area contributed by atoms with Crippen LogP contribution in [0.25, 0.3) is 0 Å². The summed E-state index contributed by atoms with van der Waals surface area (Å²) in [7, 11) is 0. The fourth-order valence-corrected chi connectivity index (χ4v) is 8.33. The lowest BCUT2D eigenvalue weighted by Gasteiger charge is -2.23.